The van der Waals surface area contributed by atoms with E-state index in [9.17, 15) is 9.18 Å². The first-order valence-electron chi connectivity index (χ1n) is 6.75. The highest BCUT2D eigenvalue weighted by Crippen LogP contribution is 2.18. The van der Waals surface area contributed by atoms with Crippen LogP contribution >= 0.6 is 0 Å². The van der Waals surface area contributed by atoms with Gasteiger partial charge in [-0.05, 0) is 43.7 Å². The van der Waals surface area contributed by atoms with Gasteiger partial charge in [-0.25, -0.2) is 4.98 Å². The molecule has 0 spiro atoms. The third-order valence-corrected chi connectivity index (χ3v) is 3.03. The summed E-state index contributed by atoms with van der Waals surface area (Å²) in [6.07, 6.45) is 1.22. The van der Waals surface area contributed by atoms with Crippen LogP contribution < -0.4 is 10.1 Å². The predicted molar refractivity (Wildman–Crippen MR) is 77.7 cm³/mol. The van der Waals surface area contributed by atoms with Crippen molar-refractivity contribution in [3.05, 3.63) is 59.7 Å². The van der Waals surface area contributed by atoms with Crippen molar-refractivity contribution < 1.29 is 13.9 Å². The normalized spacial score (nSPS) is 11.8. The number of ether oxygens (including phenoxy) is 1. The molecule has 0 fully saturated rings. The second-order valence-electron chi connectivity index (χ2n) is 4.57. The van der Waals surface area contributed by atoms with Crippen molar-refractivity contribution in [3.63, 3.8) is 0 Å². The molecule has 1 aromatic carbocycles. The Balaban J connectivity index is 2.01. The number of nitrogens with zero attached hydrogens (tertiary/aromatic N) is 1. The lowest BCUT2D eigenvalue weighted by molar-refractivity contribution is 0.0939. The number of hydrogen-bond acceptors (Lipinski definition) is 3. The van der Waals surface area contributed by atoms with Gasteiger partial charge in [-0.3, -0.25) is 4.79 Å². The monoisotopic (exact) mass is 288 g/mol. The minimum absolute atomic E-state index is 0.168. The topological polar surface area (TPSA) is 51.2 Å². The van der Waals surface area contributed by atoms with Crippen LogP contribution in [-0.4, -0.2) is 17.5 Å². The maximum absolute atomic E-state index is 12.7. The highest BCUT2D eigenvalue weighted by molar-refractivity contribution is 5.94. The molecular weight excluding hydrogens is 271 g/mol. The summed E-state index contributed by atoms with van der Waals surface area (Å²) in [7, 11) is 0. The molecule has 2 aromatic rings. The summed E-state index contributed by atoms with van der Waals surface area (Å²) in [6, 6.07) is 9.93. The van der Waals surface area contributed by atoms with E-state index in [1.54, 1.807) is 0 Å². The Morgan fingerprint density at radius 2 is 2.00 bits per heavy atom. The first-order chi connectivity index (χ1) is 10.1. The van der Waals surface area contributed by atoms with Crippen LogP contribution in [0.3, 0.4) is 0 Å². The summed E-state index contributed by atoms with van der Waals surface area (Å²) in [4.78, 5) is 15.5. The zero-order valence-corrected chi connectivity index (χ0v) is 12.0. The maximum atomic E-state index is 12.7. The first-order valence-corrected chi connectivity index (χ1v) is 6.75. The number of carbonyl (C=O) groups excluding carboxylic acids is 1. The number of halogens is 1. The average Bonchev–Trinajstić information content (AvgIpc) is 2.49. The van der Waals surface area contributed by atoms with Crippen LogP contribution in [0, 0.1) is 5.95 Å². The fourth-order valence-corrected chi connectivity index (χ4v) is 1.89. The molecule has 5 heteroatoms. The Morgan fingerprint density at radius 1 is 1.29 bits per heavy atom. The third kappa shape index (κ3) is 4.02. The molecule has 1 N–H and O–H groups in total. The summed E-state index contributed by atoms with van der Waals surface area (Å²) in [5.41, 5.74) is 1.29. The molecule has 0 saturated heterocycles. The minimum Gasteiger partial charge on any atom is -0.494 e. The highest BCUT2D eigenvalue weighted by atomic mass is 19.1. The number of carbonyl (C=O) groups is 1. The molecule has 1 aromatic heterocycles. The van der Waals surface area contributed by atoms with Crippen LogP contribution in [-0.2, 0) is 0 Å². The molecule has 21 heavy (non-hydrogen) atoms. The van der Waals surface area contributed by atoms with Crippen molar-refractivity contribution in [2.75, 3.05) is 6.61 Å². The molecular formula is C16H17FN2O2. The molecule has 1 amide bonds. The van der Waals surface area contributed by atoms with Crippen molar-refractivity contribution in [2.24, 2.45) is 0 Å². The van der Waals surface area contributed by atoms with E-state index in [1.807, 2.05) is 38.1 Å². The van der Waals surface area contributed by atoms with Gasteiger partial charge >= 0.3 is 0 Å². The molecule has 0 aliphatic rings. The molecule has 0 radical (unpaired) electrons. The van der Waals surface area contributed by atoms with E-state index in [-0.39, 0.29) is 11.9 Å². The van der Waals surface area contributed by atoms with Crippen LogP contribution in [0.25, 0.3) is 0 Å². The van der Waals surface area contributed by atoms with Gasteiger partial charge in [0.2, 0.25) is 5.95 Å². The van der Waals surface area contributed by atoms with Gasteiger partial charge in [-0.15, -0.1) is 0 Å². The maximum Gasteiger partial charge on any atom is 0.253 e. The molecule has 2 rings (SSSR count). The minimum atomic E-state index is -0.605. The SMILES string of the molecule is CCOc1ccc(C(C)NC(=O)c2ccc(F)nc2)cc1. The lowest BCUT2D eigenvalue weighted by Gasteiger charge is -2.15. The van der Waals surface area contributed by atoms with Gasteiger partial charge in [0.1, 0.15) is 5.75 Å². The first kappa shape index (κ1) is 15.0. The van der Waals surface area contributed by atoms with Gasteiger partial charge in [-0.1, -0.05) is 12.1 Å². The number of aromatic nitrogens is 1. The fraction of sp³-hybridized carbons (Fsp3) is 0.250. The van der Waals surface area contributed by atoms with Gasteiger partial charge in [0, 0.05) is 6.20 Å². The van der Waals surface area contributed by atoms with E-state index in [0.717, 1.165) is 17.4 Å². The Morgan fingerprint density at radius 3 is 2.57 bits per heavy atom. The number of benzene rings is 1. The second-order valence-corrected chi connectivity index (χ2v) is 4.57. The summed E-state index contributed by atoms with van der Waals surface area (Å²) >= 11 is 0. The van der Waals surface area contributed by atoms with Crippen LogP contribution in [0.1, 0.15) is 35.8 Å². The van der Waals surface area contributed by atoms with Crippen molar-refractivity contribution in [3.8, 4) is 5.75 Å². The quantitative estimate of drug-likeness (QED) is 0.860. The predicted octanol–water partition coefficient (Wildman–Crippen LogP) is 3.11. The van der Waals surface area contributed by atoms with E-state index >= 15 is 0 Å². The molecule has 4 nitrogen and oxygen atoms in total. The molecule has 0 aliphatic carbocycles. The van der Waals surface area contributed by atoms with Crippen LogP contribution in [0.4, 0.5) is 4.39 Å². The fourth-order valence-electron chi connectivity index (χ4n) is 1.89. The van der Waals surface area contributed by atoms with E-state index in [1.165, 1.54) is 12.3 Å². The lowest BCUT2D eigenvalue weighted by atomic mass is 10.1. The zero-order valence-electron chi connectivity index (χ0n) is 12.0. The summed E-state index contributed by atoms with van der Waals surface area (Å²) < 4.78 is 18.1. The Labute approximate surface area is 123 Å². The summed E-state index contributed by atoms with van der Waals surface area (Å²) in [5, 5.41) is 2.84. The zero-order chi connectivity index (χ0) is 15.2. The second kappa shape index (κ2) is 6.83. The number of pyridine rings is 1. The van der Waals surface area contributed by atoms with E-state index in [4.69, 9.17) is 4.74 Å². The standard InChI is InChI=1S/C16H17FN2O2/c1-3-21-14-7-4-12(5-8-14)11(2)19-16(20)13-6-9-15(17)18-10-13/h4-11H,3H2,1-2H3,(H,19,20). The average molecular weight is 288 g/mol. The van der Waals surface area contributed by atoms with Crippen LogP contribution in [0.5, 0.6) is 5.75 Å². The third-order valence-electron chi connectivity index (χ3n) is 3.03. The molecule has 0 aliphatic heterocycles. The summed E-state index contributed by atoms with van der Waals surface area (Å²) in [5.74, 6) is -0.0995. The van der Waals surface area contributed by atoms with Crippen molar-refractivity contribution in [2.45, 2.75) is 19.9 Å². The smallest absolute Gasteiger partial charge is 0.253 e. The molecule has 0 saturated carbocycles. The highest BCUT2D eigenvalue weighted by Gasteiger charge is 2.12. The van der Waals surface area contributed by atoms with Crippen LogP contribution in [0.2, 0.25) is 0 Å². The number of hydrogen-bond donors (Lipinski definition) is 1. The van der Waals surface area contributed by atoms with Crippen molar-refractivity contribution in [1.29, 1.82) is 0 Å². The lowest BCUT2D eigenvalue weighted by Crippen LogP contribution is -2.26. The summed E-state index contributed by atoms with van der Waals surface area (Å²) in [6.45, 7) is 4.42. The Kier molecular flexibility index (Phi) is 4.87. The van der Waals surface area contributed by atoms with Gasteiger partial charge in [-0.2, -0.15) is 4.39 Å². The van der Waals surface area contributed by atoms with Crippen LogP contribution in [0.15, 0.2) is 42.6 Å². The molecule has 1 unspecified atom stereocenters. The number of amides is 1. The van der Waals surface area contributed by atoms with Crippen molar-refractivity contribution >= 4 is 5.91 Å². The van der Waals surface area contributed by atoms with Gasteiger partial charge in [0.25, 0.3) is 5.91 Å². The van der Waals surface area contributed by atoms with Gasteiger partial charge < -0.3 is 10.1 Å². The molecule has 1 atom stereocenters. The van der Waals surface area contributed by atoms with Crippen molar-refractivity contribution in [1.82, 2.24) is 10.3 Å². The Hall–Kier alpha value is -2.43. The van der Waals surface area contributed by atoms with Gasteiger partial charge in [0.15, 0.2) is 0 Å². The van der Waals surface area contributed by atoms with E-state index < -0.39 is 5.95 Å². The Bertz CT molecular complexity index is 597. The molecule has 0 bridgehead atoms. The van der Waals surface area contributed by atoms with E-state index in [2.05, 4.69) is 10.3 Å². The largest absolute Gasteiger partial charge is 0.494 e. The number of nitrogens with one attached hydrogen (secondary N) is 1. The number of rotatable bonds is 5. The molecule has 1 heterocycles. The van der Waals surface area contributed by atoms with Gasteiger partial charge in [0.05, 0.1) is 18.2 Å². The molecule has 110 valence electrons. The van der Waals surface area contributed by atoms with E-state index in [0.29, 0.717) is 12.2 Å².